The van der Waals surface area contributed by atoms with Crippen LogP contribution in [0.5, 0.6) is 5.88 Å². The van der Waals surface area contributed by atoms with E-state index in [0.29, 0.717) is 18.4 Å². The third kappa shape index (κ3) is 4.20. The number of nitrogens with zero attached hydrogens (tertiary/aromatic N) is 2. The molecule has 5 heteroatoms. The largest absolute Gasteiger partial charge is 0.475 e. The van der Waals surface area contributed by atoms with Gasteiger partial charge in [0, 0.05) is 18.8 Å². The van der Waals surface area contributed by atoms with Crippen LogP contribution in [0.2, 0.25) is 0 Å². The normalized spacial score (nSPS) is 10.6. The third-order valence-electron chi connectivity index (χ3n) is 2.61. The van der Waals surface area contributed by atoms with Gasteiger partial charge >= 0.3 is 0 Å². The number of nitrogens with one attached hydrogen (secondary N) is 1. The number of aromatic nitrogens is 2. The highest BCUT2D eigenvalue weighted by atomic mass is 16.5. The molecule has 0 aliphatic carbocycles. The zero-order chi connectivity index (χ0) is 14.4. The Hall–Kier alpha value is -2.14. The minimum Gasteiger partial charge on any atom is -0.475 e. The number of aliphatic hydroxyl groups is 1. The summed E-state index contributed by atoms with van der Waals surface area (Å²) in [5, 5.41) is 12.2. The maximum Gasteiger partial charge on any atom is 0.226 e. The minimum atomic E-state index is 0.0437. The lowest BCUT2D eigenvalue weighted by Crippen LogP contribution is -2.09. The summed E-state index contributed by atoms with van der Waals surface area (Å²) in [5.41, 5.74) is 1.96. The molecule has 2 aromatic rings. The number of hydrogen-bond donors (Lipinski definition) is 2. The second-order valence-electron chi connectivity index (χ2n) is 4.72. The van der Waals surface area contributed by atoms with Crippen LogP contribution >= 0.6 is 0 Å². The van der Waals surface area contributed by atoms with Crippen molar-refractivity contribution in [1.29, 1.82) is 0 Å². The van der Waals surface area contributed by atoms with Gasteiger partial charge in [-0.05, 0) is 25.0 Å². The van der Waals surface area contributed by atoms with Crippen LogP contribution in [0.25, 0.3) is 0 Å². The standard InChI is InChI=1S/C15H19N3O2/c1-11(2)20-14-6-7-16-15(18-14)17-9-12-4-3-5-13(8-12)10-19/h3-8,11,19H,9-10H2,1-2H3,(H,16,17,18). The van der Waals surface area contributed by atoms with Gasteiger partial charge in [-0.15, -0.1) is 0 Å². The Morgan fingerprint density at radius 1 is 1.25 bits per heavy atom. The highest BCUT2D eigenvalue weighted by Crippen LogP contribution is 2.12. The molecule has 0 saturated heterocycles. The smallest absolute Gasteiger partial charge is 0.226 e. The molecular formula is C15H19N3O2. The van der Waals surface area contributed by atoms with E-state index in [0.717, 1.165) is 11.1 Å². The van der Waals surface area contributed by atoms with Gasteiger partial charge < -0.3 is 15.2 Å². The Kier molecular flexibility index (Phi) is 4.90. The van der Waals surface area contributed by atoms with Gasteiger partial charge in [-0.3, -0.25) is 0 Å². The maximum atomic E-state index is 9.11. The first-order valence-corrected chi connectivity index (χ1v) is 6.59. The topological polar surface area (TPSA) is 67.3 Å². The molecule has 0 aliphatic heterocycles. The highest BCUT2D eigenvalue weighted by Gasteiger charge is 2.02. The lowest BCUT2D eigenvalue weighted by molar-refractivity contribution is 0.232. The molecule has 0 amide bonds. The van der Waals surface area contributed by atoms with E-state index in [4.69, 9.17) is 9.84 Å². The number of hydrogen-bond acceptors (Lipinski definition) is 5. The van der Waals surface area contributed by atoms with Crippen LogP contribution in [0.15, 0.2) is 36.5 Å². The van der Waals surface area contributed by atoms with Gasteiger partial charge in [0.15, 0.2) is 0 Å². The third-order valence-corrected chi connectivity index (χ3v) is 2.61. The van der Waals surface area contributed by atoms with E-state index < -0.39 is 0 Å². The van der Waals surface area contributed by atoms with Crippen LogP contribution < -0.4 is 10.1 Å². The second kappa shape index (κ2) is 6.86. The Morgan fingerprint density at radius 2 is 2.05 bits per heavy atom. The number of ether oxygens (including phenoxy) is 1. The molecule has 2 rings (SSSR count). The number of rotatable bonds is 6. The van der Waals surface area contributed by atoms with E-state index in [2.05, 4.69) is 15.3 Å². The fraction of sp³-hybridized carbons (Fsp3) is 0.333. The summed E-state index contributed by atoms with van der Waals surface area (Å²) in [7, 11) is 0. The molecule has 0 unspecified atom stereocenters. The van der Waals surface area contributed by atoms with Crippen molar-refractivity contribution in [2.24, 2.45) is 0 Å². The van der Waals surface area contributed by atoms with Crippen molar-refractivity contribution < 1.29 is 9.84 Å². The van der Waals surface area contributed by atoms with Crippen molar-refractivity contribution in [1.82, 2.24) is 9.97 Å². The van der Waals surface area contributed by atoms with E-state index in [-0.39, 0.29) is 12.7 Å². The van der Waals surface area contributed by atoms with Crippen molar-refractivity contribution in [2.75, 3.05) is 5.32 Å². The maximum absolute atomic E-state index is 9.11. The molecule has 1 heterocycles. The molecule has 20 heavy (non-hydrogen) atoms. The molecule has 1 aromatic heterocycles. The van der Waals surface area contributed by atoms with Gasteiger partial charge in [0.25, 0.3) is 0 Å². The fourth-order valence-electron chi connectivity index (χ4n) is 1.75. The van der Waals surface area contributed by atoms with Crippen LogP contribution in [0.1, 0.15) is 25.0 Å². The Bertz CT molecular complexity index is 558. The molecular weight excluding hydrogens is 254 g/mol. The molecule has 2 N–H and O–H groups in total. The summed E-state index contributed by atoms with van der Waals surface area (Å²) in [6, 6.07) is 9.47. The predicted octanol–water partition coefficient (Wildman–Crippen LogP) is 2.37. The molecule has 106 valence electrons. The molecule has 0 saturated carbocycles. The summed E-state index contributed by atoms with van der Waals surface area (Å²) in [6.45, 7) is 4.55. The van der Waals surface area contributed by atoms with Crippen LogP contribution in [0.3, 0.4) is 0 Å². The predicted molar refractivity (Wildman–Crippen MR) is 77.5 cm³/mol. The molecule has 0 fully saturated rings. The zero-order valence-electron chi connectivity index (χ0n) is 11.7. The fourth-order valence-corrected chi connectivity index (χ4v) is 1.75. The van der Waals surface area contributed by atoms with E-state index in [1.807, 2.05) is 38.1 Å². The highest BCUT2D eigenvalue weighted by molar-refractivity contribution is 5.31. The molecule has 0 radical (unpaired) electrons. The summed E-state index contributed by atoms with van der Waals surface area (Å²) in [5.74, 6) is 1.08. The molecule has 1 aromatic carbocycles. The summed E-state index contributed by atoms with van der Waals surface area (Å²) < 4.78 is 5.52. The summed E-state index contributed by atoms with van der Waals surface area (Å²) in [6.07, 6.45) is 1.75. The first-order chi connectivity index (χ1) is 9.67. The molecule has 0 atom stereocenters. The van der Waals surface area contributed by atoms with Gasteiger partial charge in [-0.2, -0.15) is 4.98 Å². The number of benzene rings is 1. The van der Waals surface area contributed by atoms with E-state index >= 15 is 0 Å². The average Bonchev–Trinajstić information content (AvgIpc) is 2.45. The zero-order valence-corrected chi connectivity index (χ0v) is 11.7. The Balaban J connectivity index is 1.99. The number of aliphatic hydroxyl groups excluding tert-OH is 1. The van der Waals surface area contributed by atoms with E-state index in [9.17, 15) is 0 Å². The van der Waals surface area contributed by atoms with Crippen molar-refractivity contribution in [3.63, 3.8) is 0 Å². The van der Waals surface area contributed by atoms with E-state index in [1.165, 1.54) is 0 Å². The molecule has 0 spiro atoms. The van der Waals surface area contributed by atoms with Crippen molar-refractivity contribution >= 4 is 5.95 Å². The first-order valence-electron chi connectivity index (χ1n) is 6.59. The van der Waals surface area contributed by atoms with Crippen LogP contribution in [0, 0.1) is 0 Å². The van der Waals surface area contributed by atoms with Crippen LogP contribution in [0.4, 0.5) is 5.95 Å². The monoisotopic (exact) mass is 273 g/mol. The quantitative estimate of drug-likeness (QED) is 0.845. The second-order valence-corrected chi connectivity index (χ2v) is 4.72. The number of anilines is 1. The van der Waals surface area contributed by atoms with Crippen LogP contribution in [-0.4, -0.2) is 21.2 Å². The molecule has 0 bridgehead atoms. The van der Waals surface area contributed by atoms with Gasteiger partial charge in [-0.25, -0.2) is 4.98 Å². The van der Waals surface area contributed by atoms with E-state index in [1.54, 1.807) is 12.3 Å². The Morgan fingerprint density at radius 3 is 2.80 bits per heavy atom. The van der Waals surface area contributed by atoms with Gasteiger partial charge in [0.2, 0.25) is 11.8 Å². The lowest BCUT2D eigenvalue weighted by Gasteiger charge is -2.10. The molecule has 0 aliphatic rings. The lowest BCUT2D eigenvalue weighted by atomic mass is 10.1. The Labute approximate surface area is 118 Å². The average molecular weight is 273 g/mol. The first kappa shape index (κ1) is 14.3. The van der Waals surface area contributed by atoms with Crippen molar-refractivity contribution in [2.45, 2.75) is 33.1 Å². The summed E-state index contributed by atoms with van der Waals surface area (Å²) in [4.78, 5) is 8.43. The summed E-state index contributed by atoms with van der Waals surface area (Å²) >= 11 is 0. The van der Waals surface area contributed by atoms with Crippen molar-refractivity contribution in [3.8, 4) is 5.88 Å². The van der Waals surface area contributed by atoms with Crippen molar-refractivity contribution in [3.05, 3.63) is 47.7 Å². The van der Waals surface area contributed by atoms with Crippen LogP contribution in [-0.2, 0) is 13.2 Å². The minimum absolute atomic E-state index is 0.0437. The SMILES string of the molecule is CC(C)Oc1ccnc(NCc2cccc(CO)c2)n1. The van der Waals surface area contributed by atoms with Gasteiger partial charge in [-0.1, -0.05) is 24.3 Å². The molecule has 5 nitrogen and oxygen atoms in total. The van der Waals surface area contributed by atoms with Gasteiger partial charge in [0.1, 0.15) is 0 Å². The van der Waals surface area contributed by atoms with Gasteiger partial charge in [0.05, 0.1) is 12.7 Å².